The zero-order valence-corrected chi connectivity index (χ0v) is 16.5. The Morgan fingerprint density at radius 2 is 1.76 bits per heavy atom. The first-order valence-electron chi connectivity index (χ1n) is 9.79. The molecule has 2 N–H and O–H groups in total. The molecule has 150 valence electrons. The summed E-state index contributed by atoms with van der Waals surface area (Å²) in [5.74, 6) is 0.200. The minimum atomic E-state index is -0.325. The number of carbonyl (C=O) groups excluding carboxylic acids is 3. The fourth-order valence-electron chi connectivity index (χ4n) is 4.09. The van der Waals surface area contributed by atoms with Crippen LogP contribution in [0.5, 0.6) is 0 Å². The molecule has 0 radical (unpaired) electrons. The molecule has 1 saturated heterocycles. The van der Waals surface area contributed by atoms with E-state index in [1.807, 2.05) is 35.2 Å². The van der Waals surface area contributed by atoms with Gasteiger partial charge >= 0.3 is 0 Å². The molecule has 7 nitrogen and oxygen atoms in total. The molecule has 1 saturated carbocycles. The molecule has 3 amide bonds. The molecule has 1 aromatic carbocycles. The van der Waals surface area contributed by atoms with Gasteiger partial charge < -0.3 is 15.5 Å². The maximum absolute atomic E-state index is 12.9. The molecule has 1 aliphatic carbocycles. The Labute approximate surface area is 169 Å². The number of piperidine rings is 1. The van der Waals surface area contributed by atoms with Crippen molar-refractivity contribution in [1.82, 2.24) is 20.5 Å². The number of hydrogen-bond acceptors (Lipinski definition) is 4. The van der Waals surface area contributed by atoms with Crippen molar-refractivity contribution >= 4 is 17.7 Å². The predicted octanol–water partition coefficient (Wildman–Crippen LogP) is 1.24. The van der Waals surface area contributed by atoms with E-state index in [0.717, 1.165) is 5.56 Å². The second-order valence-corrected chi connectivity index (χ2v) is 7.72. The Hall–Kier alpha value is -3.22. The van der Waals surface area contributed by atoms with Gasteiger partial charge in [0.15, 0.2) is 0 Å². The molecule has 0 bridgehead atoms. The van der Waals surface area contributed by atoms with Gasteiger partial charge in [-0.05, 0) is 17.7 Å². The van der Waals surface area contributed by atoms with E-state index in [2.05, 4.69) is 15.6 Å². The maximum Gasteiger partial charge on any atom is 0.269 e. The van der Waals surface area contributed by atoms with Gasteiger partial charge in [0, 0.05) is 62.6 Å². The van der Waals surface area contributed by atoms with Crippen LogP contribution < -0.4 is 10.6 Å². The highest BCUT2D eigenvalue weighted by Crippen LogP contribution is 2.45. The third-order valence-electron chi connectivity index (χ3n) is 5.77. The summed E-state index contributed by atoms with van der Waals surface area (Å²) in [6.45, 7) is 2.97. The van der Waals surface area contributed by atoms with Crippen molar-refractivity contribution in [3.8, 4) is 0 Å². The highest BCUT2D eigenvalue weighted by Gasteiger charge is 2.57. The summed E-state index contributed by atoms with van der Waals surface area (Å²) >= 11 is 0. The van der Waals surface area contributed by atoms with E-state index in [4.69, 9.17) is 0 Å². The van der Waals surface area contributed by atoms with E-state index < -0.39 is 0 Å². The quantitative estimate of drug-likeness (QED) is 0.801. The van der Waals surface area contributed by atoms with Crippen LogP contribution in [0.1, 0.15) is 39.0 Å². The van der Waals surface area contributed by atoms with Crippen molar-refractivity contribution in [3.63, 3.8) is 0 Å². The molecule has 2 aromatic rings. The standard InChI is InChI=1S/C22H24N4O3/c1-13(27)26-11-17-18(12-26)20(17)25-21(28)15-9-16(8-14-6-4-3-5-7-14)24-19(10-15)22(29)23-2/h3-7,9-10,17-18,20H,8,11-12H2,1-2H3,(H,23,29)(H,25,28)/t17-,18+,20?. The van der Waals surface area contributed by atoms with Crippen LogP contribution in [0, 0.1) is 11.8 Å². The predicted molar refractivity (Wildman–Crippen MR) is 107 cm³/mol. The normalized spacial score (nSPS) is 22.0. The molecule has 1 unspecified atom stereocenters. The van der Waals surface area contributed by atoms with Gasteiger partial charge in [-0.1, -0.05) is 30.3 Å². The number of hydrogen-bond donors (Lipinski definition) is 2. The van der Waals surface area contributed by atoms with Gasteiger partial charge in [-0.15, -0.1) is 0 Å². The second kappa shape index (κ2) is 7.66. The highest BCUT2D eigenvalue weighted by atomic mass is 16.2. The van der Waals surface area contributed by atoms with Crippen molar-refractivity contribution < 1.29 is 14.4 Å². The van der Waals surface area contributed by atoms with E-state index in [1.165, 1.54) is 6.07 Å². The molecule has 2 aliphatic rings. The number of aromatic nitrogens is 1. The number of rotatable bonds is 5. The first kappa shape index (κ1) is 19.1. The molecule has 7 heteroatoms. The van der Waals surface area contributed by atoms with Crippen molar-refractivity contribution in [1.29, 1.82) is 0 Å². The molecule has 29 heavy (non-hydrogen) atoms. The third kappa shape index (κ3) is 3.99. The summed E-state index contributed by atoms with van der Waals surface area (Å²) < 4.78 is 0. The fourth-order valence-corrected chi connectivity index (χ4v) is 4.09. The van der Waals surface area contributed by atoms with Crippen LogP contribution in [-0.4, -0.2) is 53.8 Å². The molecule has 2 fully saturated rings. The van der Waals surface area contributed by atoms with Crippen molar-refractivity contribution in [3.05, 3.63) is 65.0 Å². The maximum atomic E-state index is 12.9. The number of amides is 3. The number of fused-ring (bicyclic) bond motifs is 1. The van der Waals surface area contributed by atoms with Gasteiger partial charge in [-0.2, -0.15) is 0 Å². The molecule has 1 aromatic heterocycles. The van der Waals surface area contributed by atoms with Gasteiger partial charge in [0.05, 0.1) is 0 Å². The molecular weight excluding hydrogens is 368 g/mol. The average Bonchev–Trinajstić information content (AvgIpc) is 3.15. The average molecular weight is 392 g/mol. The van der Waals surface area contributed by atoms with E-state index in [1.54, 1.807) is 20.0 Å². The molecule has 1 aliphatic heterocycles. The van der Waals surface area contributed by atoms with Crippen LogP contribution in [0.25, 0.3) is 0 Å². The van der Waals surface area contributed by atoms with Crippen molar-refractivity contribution in [2.45, 2.75) is 19.4 Å². The number of nitrogens with zero attached hydrogens (tertiary/aromatic N) is 2. The first-order valence-corrected chi connectivity index (χ1v) is 9.79. The molecular formula is C22H24N4O3. The van der Waals surface area contributed by atoms with Crippen LogP contribution in [0.15, 0.2) is 42.5 Å². The Morgan fingerprint density at radius 3 is 2.38 bits per heavy atom. The van der Waals surface area contributed by atoms with Crippen LogP contribution in [0.4, 0.5) is 0 Å². The molecule has 4 rings (SSSR count). The fraction of sp³-hybridized carbons (Fsp3) is 0.364. The number of carbonyl (C=O) groups is 3. The monoisotopic (exact) mass is 392 g/mol. The van der Waals surface area contributed by atoms with E-state index in [9.17, 15) is 14.4 Å². The Balaban J connectivity index is 1.50. The topological polar surface area (TPSA) is 91.4 Å². The lowest BCUT2D eigenvalue weighted by molar-refractivity contribution is -0.128. The largest absolute Gasteiger partial charge is 0.354 e. The van der Waals surface area contributed by atoms with Crippen molar-refractivity contribution in [2.75, 3.05) is 20.1 Å². The van der Waals surface area contributed by atoms with Crippen LogP contribution in [0.3, 0.4) is 0 Å². The van der Waals surface area contributed by atoms with Gasteiger partial charge in [0.1, 0.15) is 5.69 Å². The minimum Gasteiger partial charge on any atom is -0.354 e. The lowest BCUT2D eigenvalue weighted by Crippen LogP contribution is -2.36. The van der Waals surface area contributed by atoms with Gasteiger partial charge in [0.25, 0.3) is 11.8 Å². The van der Waals surface area contributed by atoms with Gasteiger partial charge in [-0.25, -0.2) is 4.98 Å². The highest BCUT2D eigenvalue weighted by molar-refractivity contribution is 5.99. The lowest BCUT2D eigenvalue weighted by atomic mass is 10.1. The molecule has 2 heterocycles. The second-order valence-electron chi connectivity index (χ2n) is 7.72. The molecule has 0 spiro atoms. The van der Waals surface area contributed by atoms with Gasteiger partial charge in [-0.3, -0.25) is 14.4 Å². The minimum absolute atomic E-state index is 0.0807. The van der Waals surface area contributed by atoms with E-state index >= 15 is 0 Å². The van der Waals surface area contributed by atoms with Crippen LogP contribution >= 0.6 is 0 Å². The Bertz CT molecular complexity index is 948. The number of benzene rings is 1. The lowest BCUT2D eigenvalue weighted by Gasteiger charge is -2.18. The van der Waals surface area contributed by atoms with Crippen LogP contribution in [-0.2, 0) is 11.2 Å². The first-order chi connectivity index (χ1) is 14.0. The summed E-state index contributed by atoms with van der Waals surface area (Å²) in [6.07, 6.45) is 0.536. The Kier molecular flexibility index (Phi) is 5.05. The van der Waals surface area contributed by atoms with E-state index in [-0.39, 0.29) is 29.5 Å². The van der Waals surface area contributed by atoms with E-state index in [0.29, 0.717) is 42.6 Å². The SMILES string of the molecule is CNC(=O)c1cc(C(=O)NC2[C@H]3CN(C(C)=O)C[C@@H]23)cc(Cc2ccccc2)n1. The summed E-state index contributed by atoms with van der Waals surface area (Å²) in [5, 5.41) is 5.64. The summed E-state index contributed by atoms with van der Waals surface area (Å²) in [5.41, 5.74) is 2.38. The summed E-state index contributed by atoms with van der Waals surface area (Å²) in [7, 11) is 1.54. The third-order valence-corrected chi connectivity index (χ3v) is 5.77. The zero-order chi connectivity index (χ0) is 20.5. The van der Waals surface area contributed by atoms with Crippen LogP contribution in [0.2, 0.25) is 0 Å². The van der Waals surface area contributed by atoms with Gasteiger partial charge in [0.2, 0.25) is 5.91 Å². The summed E-state index contributed by atoms with van der Waals surface area (Å²) in [4.78, 5) is 42.7. The number of pyridine rings is 1. The zero-order valence-electron chi connectivity index (χ0n) is 16.5. The smallest absolute Gasteiger partial charge is 0.269 e. The molecule has 3 atom stereocenters. The Morgan fingerprint density at radius 1 is 1.07 bits per heavy atom. The summed E-state index contributed by atoms with van der Waals surface area (Å²) in [6, 6.07) is 13.2. The van der Waals surface area contributed by atoms with Crippen molar-refractivity contribution in [2.24, 2.45) is 11.8 Å². The number of likely N-dealkylation sites (tertiary alicyclic amines) is 1. The number of nitrogens with one attached hydrogen (secondary N) is 2.